The molecular weight excluding hydrogens is 220 g/mol. The maximum Gasteiger partial charge on any atom is 0.0208 e. The molecule has 1 rings (SSSR count). The summed E-state index contributed by atoms with van der Waals surface area (Å²) in [4.78, 5) is 2.50. The Balaban J connectivity index is 2.29. The second kappa shape index (κ2) is 8.28. The van der Waals surface area contributed by atoms with Crippen LogP contribution >= 0.6 is 0 Å². The molecule has 0 atom stereocenters. The van der Waals surface area contributed by atoms with Gasteiger partial charge in [0.05, 0.1) is 0 Å². The van der Waals surface area contributed by atoms with Crippen LogP contribution in [0.5, 0.6) is 0 Å². The van der Waals surface area contributed by atoms with Gasteiger partial charge in [0, 0.05) is 19.6 Å². The third-order valence-electron chi connectivity index (χ3n) is 3.41. The molecule has 0 saturated carbocycles. The first-order chi connectivity index (χ1) is 8.67. The third-order valence-corrected chi connectivity index (χ3v) is 3.41. The second-order valence-electron chi connectivity index (χ2n) is 5.04. The van der Waals surface area contributed by atoms with Crippen molar-refractivity contribution in [3.8, 4) is 0 Å². The first kappa shape index (κ1) is 15.2. The van der Waals surface area contributed by atoms with Gasteiger partial charge in [-0.15, -0.1) is 0 Å². The number of rotatable bonds is 8. The highest BCUT2D eigenvalue weighted by Gasteiger charge is 2.01. The van der Waals surface area contributed by atoms with E-state index in [-0.39, 0.29) is 0 Å². The van der Waals surface area contributed by atoms with Crippen molar-refractivity contribution in [1.29, 1.82) is 0 Å². The lowest BCUT2D eigenvalue weighted by molar-refractivity contribution is 0.287. The van der Waals surface area contributed by atoms with E-state index in [0.29, 0.717) is 0 Å². The van der Waals surface area contributed by atoms with E-state index in [2.05, 4.69) is 56.1 Å². The monoisotopic (exact) mass is 248 g/mol. The SMILES string of the molecule is CCCN(CC)CCNCc1ccc(C)cc1C. The van der Waals surface area contributed by atoms with Crippen LogP contribution in [0.2, 0.25) is 0 Å². The van der Waals surface area contributed by atoms with Gasteiger partial charge in [0.2, 0.25) is 0 Å². The van der Waals surface area contributed by atoms with Crippen molar-refractivity contribution < 1.29 is 0 Å². The van der Waals surface area contributed by atoms with Crippen molar-refractivity contribution >= 4 is 0 Å². The van der Waals surface area contributed by atoms with E-state index in [1.807, 2.05) is 0 Å². The topological polar surface area (TPSA) is 15.3 Å². The van der Waals surface area contributed by atoms with Crippen LogP contribution in [0.25, 0.3) is 0 Å². The lowest BCUT2D eigenvalue weighted by Crippen LogP contribution is -2.32. The van der Waals surface area contributed by atoms with Crippen molar-refractivity contribution in [3.63, 3.8) is 0 Å². The van der Waals surface area contributed by atoms with Crippen LogP contribution < -0.4 is 5.32 Å². The zero-order valence-corrected chi connectivity index (χ0v) is 12.4. The van der Waals surface area contributed by atoms with Crippen molar-refractivity contribution in [2.24, 2.45) is 0 Å². The van der Waals surface area contributed by atoms with Gasteiger partial charge in [-0.1, -0.05) is 37.6 Å². The smallest absolute Gasteiger partial charge is 0.0208 e. The predicted molar refractivity (Wildman–Crippen MR) is 80.0 cm³/mol. The Morgan fingerprint density at radius 2 is 1.89 bits per heavy atom. The van der Waals surface area contributed by atoms with E-state index in [9.17, 15) is 0 Å². The van der Waals surface area contributed by atoms with E-state index in [1.165, 1.54) is 29.7 Å². The molecule has 0 saturated heterocycles. The number of likely N-dealkylation sites (N-methyl/N-ethyl adjacent to an activating group) is 1. The Labute approximate surface area is 112 Å². The maximum atomic E-state index is 3.54. The summed E-state index contributed by atoms with van der Waals surface area (Å²) in [7, 11) is 0. The molecule has 18 heavy (non-hydrogen) atoms. The van der Waals surface area contributed by atoms with Crippen molar-refractivity contribution in [1.82, 2.24) is 10.2 Å². The molecule has 0 spiro atoms. The lowest BCUT2D eigenvalue weighted by atomic mass is 10.1. The van der Waals surface area contributed by atoms with E-state index < -0.39 is 0 Å². The number of aryl methyl sites for hydroxylation is 2. The van der Waals surface area contributed by atoms with Crippen LogP contribution in [0, 0.1) is 13.8 Å². The number of hydrogen-bond donors (Lipinski definition) is 1. The fraction of sp³-hybridized carbons (Fsp3) is 0.625. The molecule has 0 aliphatic carbocycles. The lowest BCUT2D eigenvalue weighted by Gasteiger charge is -2.19. The van der Waals surface area contributed by atoms with Crippen LogP contribution in [0.4, 0.5) is 0 Å². The molecule has 102 valence electrons. The highest BCUT2D eigenvalue weighted by Crippen LogP contribution is 2.09. The Bertz CT molecular complexity index is 347. The number of benzene rings is 1. The fourth-order valence-electron chi connectivity index (χ4n) is 2.25. The minimum Gasteiger partial charge on any atom is -0.311 e. The highest BCUT2D eigenvalue weighted by molar-refractivity contribution is 5.30. The normalized spacial score (nSPS) is 11.2. The summed E-state index contributed by atoms with van der Waals surface area (Å²) in [6.45, 7) is 14.4. The first-order valence-electron chi connectivity index (χ1n) is 7.16. The fourth-order valence-corrected chi connectivity index (χ4v) is 2.25. The molecule has 2 nitrogen and oxygen atoms in total. The maximum absolute atomic E-state index is 3.54. The van der Waals surface area contributed by atoms with Gasteiger partial charge >= 0.3 is 0 Å². The van der Waals surface area contributed by atoms with Crippen LogP contribution in [0.15, 0.2) is 18.2 Å². The quantitative estimate of drug-likeness (QED) is 0.711. The minimum atomic E-state index is 0.982. The average Bonchev–Trinajstić information content (AvgIpc) is 2.35. The van der Waals surface area contributed by atoms with Crippen molar-refractivity contribution in [2.45, 2.75) is 40.7 Å². The Morgan fingerprint density at radius 3 is 2.50 bits per heavy atom. The zero-order chi connectivity index (χ0) is 13.4. The highest BCUT2D eigenvalue weighted by atomic mass is 15.1. The van der Waals surface area contributed by atoms with Gasteiger partial charge in [-0.3, -0.25) is 0 Å². The van der Waals surface area contributed by atoms with E-state index in [0.717, 1.165) is 26.2 Å². The molecular formula is C16H28N2. The molecule has 0 unspecified atom stereocenters. The summed E-state index contributed by atoms with van der Waals surface area (Å²) in [5.41, 5.74) is 4.15. The Morgan fingerprint density at radius 1 is 1.11 bits per heavy atom. The molecule has 2 heteroatoms. The number of hydrogen-bond acceptors (Lipinski definition) is 2. The van der Waals surface area contributed by atoms with Gasteiger partial charge in [0.15, 0.2) is 0 Å². The summed E-state index contributed by atoms with van der Waals surface area (Å²) in [5, 5.41) is 3.54. The average molecular weight is 248 g/mol. The van der Waals surface area contributed by atoms with Crippen LogP contribution in [0.3, 0.4) is 0 Å². The second-order valence-corrected chi connectivity index (χ2v) is 5.04. The predicted octanol–water partition coefficient (Wildman–Crippen LogP) is 3.12. The molecule has 0 amide bonds. The molecule has 1 N–H and O–H groups in total. The van der Waals surface area contributed by atoms with Crippen molar-refractivity contribution in [2.75, 3.05) is 26.2 Å². The van der Waals surface area contributed by atoms with Crippen molar-refractivity contribution in [3.05, 3.63) is 34.9 Å². The van der Waals surface area contributed by atoms with E-state index >= 15 is 0 Å². The molecule has 0 aliphatic heterocycles. The molecule has 0 fully saturated rings. The van der Waals surface area contributed by atoms with Crippen LogP contribution in [0.1, 0.15) is 37.0 Å². The summed E-state index contributed by atoms with van der Waals surface area (Å²) in [6, 6.07) is 6.69. The summed E-state index contributed by atoms with van der Waals surface area (Å²) >= 11 is 0. The Hall–Kier alpha value is -0.860. The molecule has 0 aliphatic rings. The van der Waals surface area contributed by atoms with Gasteiger partial charge in [-0.2, -0.15) is 0 Å². The molecule has 0 bridgehead atoms. The molecule has 0 aromatic heterocycles. The summed E-state index contributed by atoms with van der Waals surface area (Å²) < 4.78 is 0. The Kier molecular flexibility index (Phi) is 6.99. The summed E-state index contributed by atoms with van der Waals surface area (Å²) in [6.07, 6.45) is 1.24. The van der Waals surface area contributed by atoms with Gasteiger partial charge in [0.25, 0.3) is 0 Å². The van der Waals surface area contributed by atoms with Gasteiger partial charge in [-0.05, 0) is 44.5 Å². The van der Waals surface area contributed by atoms with Gasteiger partial charge in [-0.25, -0.2) is 0 Å². The van der Waals surface area contributed by atoms with E-state index in [1.54, 1.807) is 0 Å². The number of nitrogens with zero attached hydrogens (tertiary/aromatic N) is 1. The standard InChI is InChI=1S/C16H28N2/c1-5-10-18(6-2)11-9-17-13-16-8-7-14(3)12-15(16)4/h7-8,12,17H,5-6,9-11,13H2,1-4H3. The number of nitrogens with one attached hydrogen (secondary N) is 1. The third kappa shape index (κ3) is 5.19. The van der Waals surface area contributed by atoms with Crippen LogP contribution in [-0.4, -0.2) is 31.1 Å². The van der Waals surface area contributed by atoms with Crippen LogP contribution in [-0.2, 0) is 6.54 Å². The van der Waals surface area contributed by atoms with Gasteiger partial charge < -0.3 is 10.2 Å². The molecule has 1 aromatic rings. The zero-order valence-electron chi connectivity index (χ0n) is 12.4. The molecule has 0 radical (unpaired) electrons. The van der Waals surface area contributed by atoms with E-state index in [4.69, 9.17) is 0 Å². The minimum absolute atomic E-state index is 0.982. The van der Waals surface area contributed by atoms with Gasteiger partial charge in [0.1, 0.15) is 0 Å². The summed E-state index contributed by atoms with van der Waals surface area (Å²) in [5.74, 6) is 0. The largest absolute Gasteiger partial charge is 0.311 e. The first-order valence-corrected chi connectivity index (χ1v) is 7.16. The molecule has 1 aromatic carbocycles. The molecule has 0 heterocycles.